The van der Waals surface area contributed by atoms with Gasteiger partial charge in [-0.2, -0.15) is 4.98 Å². The Hall–Kier alpha value is -3.41. The number of amides is 2. The molecule has 1 fully saturated rings. The van der Waals surface area contributed by atoms with Crippen LogP contribution >= 0.6 is 11.3 Å². The Morgan fingerprint density at radius 2 is 2.00 bits per heavy atom. The van der Waals surface area contributed by atoms with Gasteiger partial charge in [-0.25, -0.2) is 13.8 Å². The van der Waals surface area contributed by atoms with Crippen molar-refractivity contribution in [3.63, 3.8) is 0 Å². The molecule has 1 atom stereocenters. The molecule has 1 aromatic carbocycles. The number of hydrogen-bond donors (Lipinski definition) is 2. The van der Waals surface area contributed by atoms with Gasteiger partial charge in [-0.05, 0) is 31.9 Å². The summed E-state index contributed by atoms with van der Waals surface area (Å²) in [6.07, 6.45) is 2.84. The summed E-state index contributed by atoms with van der Waals surface area (Å²) in [5.41, 5.74) is -0.225. The Labute approximate surface area is 191 Å². The van der Waals surface area contributed by atoms with Crippen molar-refractivity contribution in [1.29, 1.82) is 0 Å². The predicted octanol–water partition coefficient (Wildman–Crippen LogP) is 2.12. The number of aromatic nitrogens is 3. The first-order valence-electron chi connectivity index (χ1n) is 10.5. The molecule has 0 spiro atoms. The highest BCUT2D eigenvalue weighted by molar-refractivity contribution is 7.22. The summed E-state index contributed by atoms with van der Waals surface area (Å²) >= 11 is 1.16. The lowest BCUT2D eigenvalue weighted by atomic mass is 9.97. The number of nitrogens with zero attached hydrogens (tertiary/aromatic N) is 4. The minimum Gasteiger partial charge on any atom is -0.356 e. The Morgan fingerprint density at radius 1 is 1.24 bits per heavy atom. The molecule has 0 saturated carbocycles. The van der Waals surface area contributed by atoms with E-state index in [1.54, 1.807) is 0 Å². The topological polar surface area (TPSA) is 109 Å². The van der Waals surface area contributed by atoms with Gasteiger partial charge in [0.25, 0.3) is 5.56 Å². The number of hydrogen-bond acceptors (Lipinski definition) is 7. The van der Waals surface area contributed by atoms with E-state index >= 15 is 0 Å². The third kappa shape index (κ3) is 5.16. The third-order valence-corrected chi connectivity index (χ3v) is 6.34. The first kappa shape index (κ1) is 22.8. The van der Waals surface area contributed by atoms with Gasteiger partial charge in [0, 0.05) is 31.4 Å². The molecule has 4 rings (SSSR count). The molecular weight excluding hydrogens is 454 g/mol. The van der Waals surface area contributed by atoms with Crippen LogP contribution in [-0.4, -0.2) is 46.0 Å². The van der Waals surface area contributed by atoms with Gasteiger partial charge in [-0.3, -0.25) is 19.0 Å². The lowest BCUT2D eigenvalue weighted by Gasteiger charge is -2.31. The summed E-state index contributed by atoms with van der Waals surface area (Å²) in [6, 6.07) is 2.65. The van der Waals surface area contributed by atoms with E-state index in [2.05, 4.69) is 20.6 Å². The van der Waals surface area contributed by atoms with Crippen molar-refractivity contribution in [3.05, 3.63) is 46.5 Å². The molecule has 1 saturated heterocycles. The summed E-state index contributed by atoms with van der Waals surface area (Å²) < 4.78 is 28.0. The number of benzene rings is 1. The number of carbonyl (C=O) groups is 2. The number of carbonyl (C=O) groups excluding carboxylic acids is 2. The molecule has 12 heteroatoms. The largest absolute Gasteiger partial charge is 0.356 e. The maximum absolute atomic E-state index is 13.3. The molecule has 3 aromatic rings. The number of piperidine rings is 1. The van der Waals surface area contributed by atoms with Crippen molar-refractivity contribution in [3.8, 4) is 0 Å². The molecule has 33 heavy (non-hydrogen) atoms. The Balaban J connectivity index is 1.50. The van der Waals surface area contributed by atoms with Crippen LogP contribution in [-0.2, 0) is 16.1 Å². The molecule has 174 valence electrons. The summed E-state index contributed by atoms with van der Waals surface area (Å²) in [5, 5.41) is 5.81. The molecule has 0 aliphatic carbocycles. The van der Waals surface area contributed by atoms with E-state index in [1.165, 1.54) is 6.33 Å². The first-order valence-corrected chi connectivity index (χ1v) is 11.3. The van der Waals surface area contributed by atoms with Gasteiger partial charge in [0.1, 0.15) is 29.2 Å². The van der Waals surface area contributed by atoms with Gasteiger partial charge in [-0.1, -0.05) is 11.3 Å². The molecule has 1 aliphatic rings. The second kappa shape index (κ2) is 9.61. The molecule has 9 nitrogen and oxygen atoms in total. The van der Waals surface area contributed by atoms with Gasteiger partial charge in [-0.15, -0.1) is 0 Å². The maximum atomic E-state index is 13.3. The van der Waals surface area contributed by atoms with Crippen LogP contribution in [0.2, 0.25) is 0 Å². The zero-order chi connectivity index (χ0) is 23.5. The number of nitrogens with one attached hydrogen (secondary N) is 2. The van der Waals surface area contributed by atoms with Crippen LogP contribution in [0.5, 0.6) is 0 Å². The summed E-state index contributed by atoms with van der Waals surface area (Å²) in [5.74, 6) is -2.42. The average Bonchev–Trinajstić information content (AvgIpc) is 3.20. The Morgan fingerprint density at radius 3 is 2.73 bits per heavy atom. The fourth-order valence-electron chi connectivity index (χ4n) is 3.75. The molecular formula is C21H22F2N6O3S. The quantitative estimate of drug-likeness (QED) is 0.564. The molecule has 2 amide bonds. The Kier molecular flexibility index (Phi) is 6.63. The highest BCUT2D eigenvalue weighted by atomic mass is 32.1. The standard InChI is InChI=1S/C21H22F2N6O3S/c1-2-24-19(31)12-4-3-5-28(9-12)21-27-18-17(33-21)20(32)29(11-25-18)10-16(30)26-15-7-13(22)6-14(23)8-15/h6-8,11-12H,2-5,9-10H2,1H3,(H,24,31)(H,26,30)/t12-/m1/s1. The highest BCUT2D eigenvalue weighted by Gasteiger charge is 2.27. The van der Waals surface area contributed by atoms with Crippen LogP contribution < -0.4 is 21.1 Å². The molecule has 0 bridgehead atoms. The number of halogens is 2. The number of anilines is 2. The van der Waals surface area contributed by atoms with Gasteiger partial charge >= 0.3 is 0 Å². The zero-order valence-corrected chi connectivity index (χ0v) is 18.6. The van der Waals surface area contributed by atoms with E-state index in [-0.39, 0.29) is 34.4 Å². The normalized spacial score (nSPS) is 16.1. The van der Waals surface area contributed by atoms with E-state index in [1.807, 2.05) is 11.8 Å². The maximum Gasteiger partial charge on any atom is 0.273 e. The van der Waals surface area contributed by atoms with Gasteiger partial charge in [0.2, 0.25) is 11.8 Å². The van der Waals surface area contributed by atoms with Crippen LogP contribution in [0, 0.1) is 17.6 Å². The van der Waals surface area contributed by atoms with Crippen molar-refractivity contribution < 1.29 is 18.4 Å². The third-order valence-electron chi connectivity index (χ3n) is 5.25. The van der Waals surface area contributed by atoms with E-state index in [0.717, 1.165) is 47.4 Å². The van der Waals surface area contributed by atoms with Crippen molar-refractivity contribution in [2.75, 3.05) is 29.9 Å². The van der Waals surface area contributed by atoms with Gasteiger partial charge in [0.15, 0.2) is 10.8 Å². The molecule has 0 radical (unpaired) electrons. The van der Waals surface area contributed by atoms with Crippen LogP contribution in [0.4, 0.5) is 19.6 Å². The number of rotatable bonds is 6. The summed E-state index contributed by atoms with van der Waals surface area (Å²) in [6.45, 7) is 3.29. The van der Waals surface area contributed by atoms with E-state index in [0.29, 0.717) is 24.3 Å². The molecule has 0 unspecified atom stereocenters. The van der Waals surface area contributed by atoms with Crippen molar-refractivity contribution in [2.45, 2.75) is 26.3 Å². The number of thiazole rings is 1. The van der Waals surface area contributed by atoms with Crippen molar-refractivity contribution in [1.82, 2.24) is 19.9 Å². The van der Waals surface area contributed by atoms with E-state index < -0.39 is 23.1 Å². The van der Waals surface area contributed by atoms with Crippen LogP contribution in [0.3, 0.4) is 0 Å². The minimum absolute atomic E-state index is 0.00739. The fraction of sp³-hybridized carbons (Fsp3) is 0.381. The van der Waals surface area contributed by atoms with E-state index in [4.69, 9.17) is 0 Å². The summed E-state index contributed by atoms with van der Waals surface area (Å²) in [4.78, 5) is 48.0. The van der Waals surface area contributed by atoms with Crippen LogP contribution in [0.25, 0.3) is 10.3 Å². The number of fused-ring (bicyclic) bond motifs is 1. The highest BCUT2D eigenvalue weighted by Crippen LogP contribution is 2.29. The molecule has 1 aliphatic heterocycles. The van der Waals surface area contributed by atoms with E-state index in [9.17, 15) is 23.2 Å². The average molecular weight is 477 g/mol. The lowest BCUT2D eigenvalue weighted by Crippen LogP contribution is -2.43. The van der Waals surface area contributed by atoms with Crippen LogP contribution in [0.15, 0.2) is 29.3 Å². The van der Waals surface area contributed by atoms with Gasteiger partial charge in [0.05, 0.1) is 5.92 Å². The van der Waals surface area contributed by atoms with Crippen molar-refractivity contribution in [2.24, 2.45) is 5.92 Å². The van der Waals surface area contributed by atoms with Crippen molar-refractivity contribution >= 4 is 44.3 Å². The minimum atomic E-state index is -0.824. The molecule has 2 N–H and O–H groups in total. The molecule has 3 heterocycles. The second-order valence-electron chi connectivity index (χ2n) is 7.71. The fourth-order valence-corrected chi connectivity index (χ4v) is 4.75. The lowest BCUT2D eigenvalue weighted by molar-refractivity contribution is -0.125. The summed E-state index contributed by atoms with van der Waals surface area (Å²) in [7, 11) is 0. The predicted molar refractivity (Wildman–Crippen MR) is 120 cm³/mol. The SMILES string of the molecule is CCNC(=O)[C@@H]1CCCN(c2nc3ncn(CC(=O)Nc4cc(F)cc(F)c4)c(=O)c3s2)C1. The smallest absolute Gasteiger partial charge is 0.273 e. The monoisotopic (exact) mass is 476 g/mol. The van der Waals surface area contributed by atoms with Gasteiger partial charge < -0.3 is 15.5 Å². The second-order valence-corrected chi connectivity index (χ2v) is 8.69. The molecule has 2 aromatic heterocycles. The first-order chi connectivity index (χ1) is 15.8. The Bertz CT molecular complexity index is 1240. The van der Waals surface area contributed by atoms with Crippen LogP contribution in [0.1, 0.15) is 19.8 Å². The zero-order valence-electron chi connectivity index (χ0n) is 17.8.